The molecule has 1 nitrogen and oxygen atoms in total. The lowest BCUT2D eigenvalue weighted by Crippen LogP contribution is -2.01. The molecule has 0 amide bonds. The molecule has 0 heterocycles. The van der Waals surface area contributed by atoms with Crippen molar-refractivity contribution in [1.29, 1.82) is 0 Å². The molecule has 0 rings (SSSR count). The number of hydrogen-bond acceptors (Lipinski definition) is 1. The largest absolute Gasteiger partial charge is 0.359 e. The minimum absolute atomic E-state index is 0.308. The number of alkyl halides is 1. The van der Waals surface area contributed by atoms with Gasteiger partial charge >= 0.3 is 0 Å². The van der Waals surface area contributed by atoms with E-state index in [1.165, 1.54) is 12.8 Å². The normalized spacial score (nSPS) is 13.0. The van der Waals surface area contributed by atoms with Gasteiger partial charge in [-0.05, 0) is 12.5 Å². The molecule has 1 unspecified atom stereocenters. The zero-order chi connectivity index (χ0) is 7.82. The van der Waals surface area contributed by atoms with Gasteiger partial charge in [0, 0.05) is 6.61 Å². The Balaban J connectivity index is 2.95. The maximum Gasteiger partial charge on any atom is 0.149 e. The highest BCUT2D eigenvalue weighted by Gasteiger charge is 1.95. The Kier molecular flexibility index (Phi) is 7.09. The maximum atomic E-state index is 5.60. The number of unbranched alkanes of at least 4 members (excludes halogenated alkanes) is 2. The molecule has 0 saturated heterocycles. The van der Waals surface area contributed by atoms with Crippen LogP contribution in [0.5, 0.6) is 0 Å². The summed E-state index contributed by atoms with van der Waals surface area (Å²) in [7, 11) is 0. The van der Waals surface area contributed by atoms with Crippen LogP contribution in [0.3, 0.4) is 0 Å². The number of rotatable bonds is 6. The molecule has 60 valence electrons. The van der Waals surface area contributed by atoms with Crippen molar-refractivity contribution in [2.24, 2.45) is 0 Å². The van der Waals surface area contributed by atoms with Crippen LogP contribution in [0.4, 0.5) is 0 Å². The van der Waals surface area contributed by atoms with E-state index in [1.807, 2.05) is 0 Å². The minimum Gasteiger partial charge on any atom is -0.359 e. The van der Waals surface area contributed by atoms with Crippen molar-refractivity contribution in [3.63, 3.8) is 0 Å². The molecule has 10 heavy (non-hydrogen) atoms. The standard InChI is InChI=1S/C8H15ClO/c1-3-5-6-7-10-8(9)4-2/h4,8H,2-3,5-7H2,1H3. The summed E-state index contributed by atoms with van der Waals surface area (Å²) in [5.74, 6) is 0. The van der Waals surface area contributed by atoms with Crippen LogP contribution in [0.1, 0.15) is 26.2 Å². The van der Waals surface area contributed by atoms with Gasteiger partial charge in [0.25, 0.3) is 0 Å². The smallest absolute Gasteiger partial charge is 0.149 e. The SMILES string of the molecule is C=CC(Cl)OCCCCC. The molecule has 2 heteroatoms. The van der Waals surface area contributed by atoms with Crippen molar-refractivity contribution < 1.29 is 4.74 Å². The fourth-order valence-electron chi connectivity index (χ4n) is 0.616. The first-order valence-corrected chi connectivity index (χ1v) is 4.13. The molecular formula is C8H15ClO. The van der Waals surface area contributed by atoms with E-state index in [0.29, 0.717) is 0 Å². The van der Waals surface area contributed by atoms with Crippen molar-refractivity contribution in [3.8, 4) is 0 Å². The summed E-state index contributed by atoms with van der Waals surface area (Å²) < 4.78 is 5.14. The second-order valence-corrected chi connectivity index (χ2v) is 2.59. The lowest BCUT2D eigenvalue weighted by Gasteiger charge is -2.04. The van der Waals surface area contributed by atoms with Crippen LogP contribution in [0.25, 0.3) is 0 Å². The van der Waals surface area contributed by atoms with Crippen LogP contribution in [0.2, 0.25) is 0 Å². The monoisotopic (exact) mass is 162 g/mol. The summed E-state index contributed by atoms with van der Waals surface area (Å²) in [6.45, 7) is 6.41. The molecule has 0 aliphatic carbocycles. The minimum atomic E-state index is -0.308. The molecule has 0 bridgehead atoms. The van der Waals surface area contributed by atoms with Crippen molar-refractivity contribution in [2.45, 2.75) is 31.7 Å². The molecule has 0 N–H and O–H groups in total. The molecule has 0 spiro atoms. The zero-order valence-electron chi connectivity index (χ0n) is 6.48. The molecular weight excluding hydrogens is 148 g/mol. The first kappa shape index (κ1) is 9.99. The molecule has 1 atom stereocenters. The van der Waals surface area contributed by atoms with Gasteiger partial charge in [0.1, 0.15) is 5.56 Å². The third-order valence-corrected chi connectivity index (χ3v) is 1.51. The van der Waals surface area contributed by atoms with Gasteiger partial charge < -0.3 is 4.74 Å². The van der Waals surface area contributed by atoms with E-state index in [2.05, 4.69) is 13.5 Å². The molecule has 0 aliphatic rings. The maximum absolute atomic E-state index is 5.60. The topological polar surface area (TPSA) is 9.23 Å². The predicted molar refractivity (Wildman–Crippen MR) is 45.3 cm³/mol. The van der Waals surface area contributed by atoms with E-state index in [0.717, 1.165) is 13.0 Å². The van der Waals surface area contributed by atoms with Gasteiger partial charge in [-0.15, -0.1) is 0 Å². The lowest BCUT2D eigenvalue weighted by molar-refractivity contribution is 0.132. The molecule has 0 aromatic carbocycles. The van der Waals surface area contributed by atoms with Gasteiger partial charge in [-0.2, -0.15) is 0 Å². The van der Waals surface area contributed by atoms with E-state index in [4.69, 9.17) is 16.3 Å². The highest BCUT2D eigenvalue weighted by molar-refractivity contribution is 6.20. The average Bonchev–Trinajstić information content (AvgIpc) is 1.98. The van der Waals surface area contributed by atoms with Crippen LogP contribution in [-0.2, 0) is 4.74 Å². The fraction of sp³-hybridized carbons (Fsp3) is 0.750. The molecule has 0 aromatic heterocycles. The van der Waals surface area contributed by atoms with Crippen LogP contribution < -0.4 is 0 Å². The van der Waals surface area contributed by atoms with Crippen molar-refractivity contribution in [2.75, 3.05) is 6.61 Å². The Morgan fingerprint density at radius 3 is 2.80 bits per heavy atom. The van der Waals surface area contributed by atoms with Crippen molar-refractivity contribution in [1.82, 2.24) is 0 Å². The summed E-state index contributed by atoms with van der Waals surface area (Å²) in [5, 5.41) is 0. The van der Waals surface area contributed by atoms with E-state index in [9.17, 15) is 0 Å². The Morgan fingerprint density at radius 2 is 2.30 bits per heavy atom. The van der Waals surface area contributed by atoms with E-state index < -0.39 is 0 Å². The summed E-state index contributed by atoms with van der Waals surface area (Å²) in [5.41, 5.74) is -0.308. The van der Waals surface area contributed by atoms with Crippen LogP contribution >= 0.6 is 11.6 Å². The van der Waals surface area contributed by atoms with Crippen LogP contribution in [0, 0.1) is 0 Å². The number of halogens is 1. The van der Waals surface area contributed by atoms with Gasteiger partial charge in [-0.1, -0.05) is 37.9 Å². The van der Waals surface area contributed by atoms with Gasteiger partial charge in [0.15, 0.2) is 0 Å². The summed E-state index contributed by atoms with van der Waals surface area (Å²) in [4.78, 5) is 0. The summed E-state index contributed by atoms with van der Waals surface area (Å²) in [6, 6.07) is 0. The van der Waals surface area contributed by atoms with Gasteiger partial charge in [0.05, 0.1) is 0 Å². The Labute approximate surface area is 68.0 Å². The second-order valence-electron chi connectivity index (χ2n) is 2.16. The highest BCUT2D eigenvalue weighted by Crippen LogP contribution is 2.01. The van der Waals surface area contributed by atoms with Gasteiger partial charge in [-0.3, -0.25) is 0 Å². The quantitative estimate of drug-likeness (QED) is 0.332. The fourth-order valence-corrected chi connectivity index (χ4v) is 0.705. The van der Waals surface area contributed by atoms with Gasteiger partial charge in [0.2, 0.25) is 0 Å². The van der Waals surface area contributed by atoms with Gasteiger partial charge in [-0.25, -0.2) is 0 Å². The van der Waals surface area contributed by atoms with Crippen molar-refractivity contribution in [3.05, 3.63) is 12.7 Å². The van der Waals surface area contributed by atoms with E-state index in [1.54, 1.807) is 6.08 Å². The third kappa shape index (κ3) is 6.12. The second kappa shape index (κ2) is 7.10. The Bertz CT molecular complexity index is 83.3. The Hall–Kier alpha value is -0.0100. The van der Waals surface area contributed by atoms with Crippen LogP contribution in [-0.4, -0.2) is 12.2 Å². The first-order chi connectivity index (χ1) is 4.81. The summed E-state index contributed by atoms with van der Waals surface area (Å²) in [6.07, 6.45) is 5.10. The van der Waals surface area contributed by atoms with E-state index in [-0.39, 0.29) is 5.56 Å². The average molecular weight is 163 g/mol. The molecule has 0 fully saturated rings. The number of ether oxygens (including phenoxy) is 1. The molecule has 0 radical (unpaired) electrons. The number of hydrogen-bond donors (Lipinski definition) is 0. The zero-order valence-corrected chi connectivity index (χ0v) is 7.23. The molecule has 0 saturated carbocycles. The Morgan fingerprint density at radius 1 is 1.60 bits per heavy atom. The molecule has 0 aromatic rings. The molecule has 0 aliphatic heterocycles. The van der Waals surface area contributed by atoms with E-state index >= 15 is 0 Å². The van der Waals surface area contributed by atoms with Crippen LogP contribution in [0.15, 0.2) is 12.7 Å². The van der Waals surface area contributed by atoms with Crippen molar-refractivity contribution >= 4 is 11.6 Å². The summed E-state index contributed by atoms with van der Waals surface area (Å²) >= 11 is 5.60. The highest BCUT2D eigenvalue weighted by atomic mass is 35.5. The third-order valence-electron chi connectivity index (χ3n) is 1.21. The lowest BCUT2D eigenvalue weighted by atomic mass is 10.3. The predicted octanol–water partition coefficient (Wildman–Crippen LogP) is 2.94. The first-order valence-electron chi connectivity index (χ1n) is 3.69.